The molecule has 0 N–H and O–H groups in total. The molecule has 0 aliphatic rings. The summed E-state index contributed by atoms with van der Waals surface area (Å²) < 4.78 is 0. The van der Waals surface area contributed by atoms with Gasteiger partial charge < -0.3 is 0 Å². The zero-order chi connectivity index (χ0) is 15.0. The van der Waals surface area contributed by atoms with Gasteiger partial charge in [-0.1, -0.05) is 39.0 Å². The number of aryl methyl sites for hydroxylation is 1. The van der Waals surface area contributed by atoms with Crippen LogP contribution in [0.5, 0.6) is 0 Å². The summed E-state index contributed by atoms with van der Waals surface area (Å²) >= 11 is 0. The second-order valence-corrected chi connectivity index (χ2v) is 4.79. The molecular weight excluding hydrogens is 260 g/mol. The maximum absolute atomic E-state index is 10.7. The highest BCUT2D eigenvalue weighted by Crippen LogP contribution is 2.23. The maximum atomic E-state index is 10.7. The second kappa shape index (κ2) is 8.24. The Labute approximate surface area is 118 Å². The Morgan fingerprint density at radius 2 is 1.45 bits per heavy atom. The number of nitro benzene ring substituents is 2. The van der Waals surface area contributed by atoms with Gasteiger partial charge in [0.2, 0.25) is 0 Å². The van der Waals surface area contributed by atoms with E-state index in [4.69, 9.17) is 0 Å². The van der Waals surface area contributed by atoms with Crippen LogP contribution in [0.1, 0.15) is 51.0 Å². The fraction of sp³-hybridized carbons (Fsp3) is 0.571. The highest BCUT2D eigenvalue weighted by molar-refractivity contribution is 5.45. The number of non-ortho nitro benzene ring substituents is 2. The molecule has 109 valence electrons. The van der Waals surface area contributed by atoms with Crippen LogP contribution in [0.25, 0.3) is 0 Å². The van der Waals surface area contributed by atoms with E-state index in [1.54, 1.807) is 0 Å². The van der Waals surface area contributed by atoms with Crippen molar-refractivity contribution >= 4 is 11.4 Å². The van der Waals surface area contributed by atoms with Crippen molar-refractivity contribution in [1.82, 2.24) is 0 Å². The maximum Gasteiger partial charge on any atom is 0.284 e. The quantitative estimate of drug-likeness (QED) is 0.385. The van der Waals surface area contributed by atoms with Gasteiger partial charge in [-0.15, -0.1) is 0 Å². The molecule has 0 bridgehead atoms. The highest BCUT2D eigenvalue weighted by Gasteiger charge is 2.16. The first kappa shape index (κ1) is 16.1. The van der Waals surface area contributed by atoms with E-state index in [0.717, 1.165) is 19.3 Å². The Morgan fingerprint density at radius 3 is 1.95 bits per heavy atom. The number of nitro groups is 2. The van der Waals surface area contributed by atoms with Gasteiger partial charge in [0.1, 0.15) is 0 Å². The minimum Gasteiger partial charge on any atom is -0.258 e. The van der Waals surface area contributed by atoms with Crippen molar-refractivity contribution in [3.05, 3.63) is 44.0 Å². The van der Waals surface area contributed by atoms with Crippen molar-refractivity contribution in [2.75, 3.05) is 0 Å². The van der Waals surface area contributed by atoms with Gasteiger partial charge in [0, 0.05) is 12.1 Å². The van der Waals surface area contributed by atoms with Gasteiger partial charge >= 0.3 is 0 Å². The fourth-order valence-corrected chi connectivity index (χ4v) is 2.05. The third-order valence-corrected chi connectivity index (χ3v) is 3.11. The van der Waals surface area contributed by atoms with Crippen LogP contribution >= 0.6 is 0 Å². The van der Waals surface area contributed by atoms with Gasteiger partial charge in [0.15, 0.2) is 6.07 Å². The lowest BCUT2D eigenvalue weighted by Gasteiger charge is -2.02. The largest absolute Gasteiger partial charge is 0.284 e. The molecule has 20 heavy (non-hydrogen) atoms. The SMILES string of the molecule is CCCCCCCCc1cc([N+](=O)[O-])[c]c([N+](=O)[O-])c1. The molecule has 0 aliphatic heterocycles. The van der Waals surface area contributed by atoms with Crippen LogP contribution in [0, 0.1) is 26.3 Å². The van der Waals surface area contributed by atoms with E-state index >= 15 is 0 Å². The van der Waals surface area contributed by atoms with Crippen LogP contribution in [0.2, 0.25) is 0 Å². The summed E-state index contributed by atoms with van der Waals surface area (Å²) in [6.45, 7) is 2.15. The Morgan fingerprint density at radius 1 is 0.950 bits per heavy atom. The predicted octanol–water partition coefficient (Wildman–Crippen LogP) is 4.21. The lowest BCUT2D eigenvalue weighted by molar-refractivity contribution is -0.394. The van der Waals surface area contributed by atoms with Crippen LogP contribution in [0.4, 0.5) is 11.4 Å². The summed E-state index contributed by atoms with van der Waals surface area (Å²) in [5.41, 5.74) is -0.0296. The van der Waals surface area contributed by atoms with Crippen molar-refractivity contribution in [2.45, 2.75) is 51.9 Å². The number of unbranched alkanes of at least 4 members (excludes halogenated alkanes) is 5. The molecule has 0 heterocycles. The number of benzene rings is 1. The van der Waals surface area contributed by atoms with E-state index in [1.807, 2.05) is 0 Å². The van der Waals surface area contributed by atoms with Gasteiger partial charge in [0.05, 0.1) is 9.85 Å². The molecule has 0 unspecified atom stereocenters. The lowest BCUT2D eigenvalue weighted by Crippen LogP contribution is -1.96. The van der Waals surface area contributed by atoms with E-state index in [2.05, 4.69) is 13.0 Å². The Kier molecular flexibility index (Phi) is 6.63. The second-order valence-electron chi connectivity index (χ2n) is 4.79. The molecule has 6 nitrogen and oxygen atoms in total. The van der Waals surface area contributed by atoms with Gasteiger partial charge in [-0.2, -0.15) is 0 Å². The summed E-state index contributed by atoms with van der Waals surface area (Å²) in [7, 11) is 0. The van der Waals surface area contributed by atoms with Crippen molar-refractivity contribution in [3.63, 3.8) is 0 Å². The van der Waals surface area contributed by atoms with Crippen LogP contribution < -0.4 is 0 Å². The van der Waals surface area contributed by atoms with Gasteiger partial charge in [0.25, 0.3) is 11.4 Å². The Hall–Kier alpha value is -1.98. The number of hydrogen-bond donors (Lipinski definition) is 0. The highest BCUT2D eigenvalue weighted by atomic mass is 16.6. The molecule has 6 heteroatoms. The molecule has 0 amide bonds. The van der Waals surface area contributed by atoms with Gasteiger partial charge in [-0.3, -0.25) is 20.2 Å². The molecule has 0 saturated carbocycles. The van der Waals surface area contributed by atoms with Crippen LogP contribution in [-0.2, 0) is 6.42 Å². The topological polar surface area (TPSA) is 86.3 Å². The molecule has 0 atom stereocenters. The van der Waals surface area contributed by atoms with Crippen molar-refractivity contribution in [3.8, 4) is 0 Å². The molecular formula is C14H19N2O4. The van der Waals surface area contributed by atoms with E-state index in [9.17, 15) is 20.2 Å². The summed E-state index contributed by atoms with van der Waals surface area (Å²) in [6, 6.07) is 4.95. The van der Waals surface area contributed by atoms with E-state index in [0.29, 0.717) is 12.0 Å². The zero-order valence-corrected chi connectivity index (χ0v) is 11.6. The molecule has 1 aromatic carbocycles. The lowest BCUT2D eigenvalue weighted by atomic mass is 10.0. The minimum atomic E-state index is -0.641. The first-order valence-corrected chi connectivity index (χ1v) is 6.89. The van der Waals surface area contributed by atoms with Crippen molar-refractivity contribution < 1.29 is 9.85 Å². The fourth-order valence-electron chi connectivity index (χ4n) is 2.05. The average molecular weight is 279 g/mol. The standard InChI is InChI=1S/C14H19N2O4/c1-2-3-4-5-6-7-8-12-9-13(15(17)18)11-14(10-12)16(19)20/h9-10H,2-8H2,1H3. The third kappa shape index (κ3) is 5.34. The smallest absolute Gasteiger partial charge is 0.258 e. The average Bonchev–Trinajstić information content (AvgIpc) is 2.42. The van der Waals surface area contributed by atoms with Crippen LogP contribution in [0.15, 0.2) is 12.1 Å². The molecule has 0 saturated heterocycles. The van der Waals surface area contributed by atoms with E-state index in [1.165, 1.54) is 31.4 Å². The molecule has 0 spiro atoms. The molecule has 0 aromatic heterocycles. The monoisotopic (exact) mass is 279 g/mol. The normalized spacial score (nSPS) is 10.4. The molecule has 0 aliphatic carbocycles. The molecule has 1 aromatic rings. The Balaban J connectivity index is 2.60. The van der Waals surface area contributed by atoms with Gasteiger partial charge in [-0.05, 0) is 18.4 Å². The van der Waals surface area contributed by atoms with Crippen molar-refractivity contribution in [2.24, 2.45) is 0 Å². The number of nitrogens with zero attached hydrogens (tertiary/aromatic N) is 2. The number of hydrogen-bond acceptors (Lipinski definition) is 4. The molecule has 1 radical (unpaired) electrons. The number of rotatable bonds is 9. The summed E-state index contributed by atoms with van der Waals surface area (Å²) in [4.78, 5) is 20.2. The predicted molar refractivity (Wildman–Crippen MR) is 75.7 cm³/mol. The summed E-state index contributed by atoms with van der Waals surface area (Å²) in [6.07, 6.45) is 7.30. The minimum absolute atomic E-state index is 0.333. The molecule has 0 fully saturated rings. The van der Waals surface area contributed by atoms with Crippen molar-refractivity contribution in [1.29, 1.82) is 0 Å². The summed E-state index contributed by atoms with van der Waals surface area (Å²) in [5, 5.41) is 21.5. The first-order chi connectivity index (χ1) is 9.54. The molecule has 1 rings (SSSR count). The third-order valence-electron chi connectivity index (χ3n) is 3.11. The zero-order valence-electron chi connectivity index (χ0n) is 11.6. The Bertz CT molecular complexity index is 442. The van der Waals surface area contributed by atoms with Crippen LogP contribution in [-0.4, -0.2) is 9.85 Å². The first-order valence-electron chi connectivity index (χ1n) is 6.89. The van der Waals surface area contributed by atoms with Gasteiger partial charge in [-0.25, -0.2) is 0 Å². The summed E-state index contributed by atoms with van der Waals surface area (Å²) in [5.74, 6) is 0. The van der Waals surface area contributed by atoms with E-state index < -0.39 is 9.85 Å². The van der Waals surface area contributed by atoms with Crippen LogP contribution in [0.3, 0.4) is 0 Å². The van der Waals surface area contributed by atoms with E-state index in [-0.39, 0.29) is 11.4 Å².